The zero-order valence-corrected chi connectivity index (χ0v) is 10.9. The van der Waals surface area contributed by atoms with Crippen LogP contribution in [0, 0.1) is 0 Å². The second-order valence-electron chi connectivity index (χ2n) is 5.02. The van der Waals surface area contributed by atoms with E-state index >= 15 is 0 Å². The SMILES string of the molecule is CC1Oc2ccc(NC3CCCOC3)cc2NC1=O. The molecule has 2 aliphatic rings. The number of carbonyl (C=O) groups excluding carboxylic acids is 1. The Morgan fingerprint density at radius 3 is 3.11 bits per heavy atom. The molecule has 2 atom stereocenters. The van der Waals surface area contributed by atoms with Crippen LogP contribution < -0.4 is 15.4 Å². The molecular formula is C14H18N2O3. The Hall–Kier alpha value is -1.75. The standard InChI is InChI=1S/C14H18N2O3/c1-9-14(17)16-12-7-10(4-5-13(12)19-9)15-11-3-2-6-18-8-11/h4-5,7,9,11,15H,2-3,6,8H2,1H3,(H,16,17). The number of rotatable bonds is 2. The highest BCUT2D eigenvalue weighted by atomic mass is 16.5. The van der Waals surface area contributed by atoms with E-state index in [-0.39, 0.29) is 5.91 Å². The molecule has 2 heterocycles. The van der Waals surface area contributed by atoms with Gasteiger partial charge in [0, 0.05) is 18.3 Å². The fourth-order valence-corrected chi connectivity index (χ4v) is 2.39. The molecule has 2 N–H and O–H groups in total. The van der Waals surface area contributed by atoms with Gasteiger partial charge in [0.25, 0.3) is 5.91 Å². The van der Waals surface area contributed by atoms with Crippen LogP contribution in [-0.4, -0.2) is 31.3 Å². The molecule has 0 aromatic heterocycles. The van der Waals surface area contributed by atoms with Crippen molar-refractivity contribution < 1.29 is 14.3 Å². The molecule has 0 aliphatic carbocycles. The molecule has 1 fully saturated rings. The summed E-state index contributed by atoms with van der Waals surface area (Å²) < 4.78 is 11.0. The molecule has 3 rings (SSSR count). The Bertz CT molecular complexity index is 484. The van der Waals surface area contributed by atoms with Crippen molar-refractivity contribution in [1.29, 1.82) is 0 Å². The first kappa shape index (κ1) is 12.3. The number of anilines is 2. The number of fused-ring (bicyclic) bond motifs is 1. The summed E-state index contributed by atoms with van der Waals surface area (Å²) in [4.78, 5) is 11.6. The summed E-state index contributed by atoms with van der Waals surface area (Å²) >= 11 is 0. The monoisotopic (exact) mass is 262 g/mol. The topological polar surface area (TPSA) is 59.6 Å². The minimum atomic E-state index is -0.432. The van der Waals surface area contributed by atoms with Gasteiger partial charge < -0.3 is 20.1 Å². The third kappa shape index (κ3) is 2.66. The summed E-state index contributed by atoms with van der Waals surface area (Å²) in [6.07, 6.45) is 1.76. The molecule has 1 aromatic rings. The van der Waals surface area contributed by atoms with E-state index in [9.17, 15) is 4.79 Å². The van der Waals surface area contributed by atoms with E-state index in [1.807, 2.05) is 18.2 Å². The first-order valence-corrected chi connectivity index (χ1v) is 6.68. The maximum Gasteiger partial charge on any atom is 0.265 e. The molecule has 1 aromatic carbocycles. The molecule has 0 radical (unpaired) electrons. The third-order valence-electron chi connectivity index (χ3n) is 3.44. The molecule has 5 heteroatoms. The minimum Gasteiger partial charge on any atom is -0.479 e. The van der Waals surface area contributed by atoms with E-state index in [4.69, 9.17) is 9.47 Å². The molecular weight excluding hydrogens is 244 g/mol. The van der Waals surface area contributed by atoms with Gasteiger partial charge >= 0.3 is 0 Å². The van der Waals surface area contributed by atoms with Gasteiger partial charge in [0.1, 0.15) is 5.75 Å². The minimum absolute atomic E-state index is 0.106. The smallest absolute Gasteiger partial charge is 0.265 e. The Morgan fingerprint density at radius 2 is 2.32 bits per heavy atom. The number of nitrogens with one attached hydrogen (secondary N) is 2. The van der Waals surface area contributed by atoms with Crippen molar-refractivity contribution >= 4 is 17.3 Å². The molecule has 1 amide bonds. The van der Waals surface area contributed by atoms with Gasteiger partial charge in [-0.1, -0.05) is 0 Å². The highest BCUT2D eigenvalue weighted by Crippen LogP contribution is 2.32. The fraction of sp³-hybridized carbons (Fsp3) is 0.500. The molecule has 0 saturated carbocycles. The third-order valence-corrected chi connectivity index (χ3v) is 3.44. The van der Waals surface area contributed by atoms with Gasteiger partial charge in [-0.05, 0) is 38.0 Å². The first-order chi connectivity index (χ1) is 9.22. The molecule has 5 nitrogen and oxygen atoms in total. The Labute approximate surface area is 112 Å². The van der Waals surface area contributed by atoms with Crippen molar-refractivity contribution in [3.63, 3.8) is 0 Å². The lowest BCUT2D eigenvalue weighted by atomic mass is 10.1. The van der Waals surface area contributed by atoms with Crippen molar-refractivity contribution in [2.24, 2.45) is 0 Å². The summed E-state index contributed by atoms with van der Waals surface area (Å²) in [5.74, 6) is 0.614. The van der Waals surface area contributed by atoms with E-state index in [0.29, 0.717) is 6.04 Å². The van der Waals surface area contributed by atoms with E-state index in [2.05, 4.69) is 10.6 Å². The predicted molar refractivity (Wildman–Crippen MR) is 72.6 cm³/mol. The fourth-order valence-electron chi connectivity index (χ4n) is 2.39. The van der Waals surface area contributed by atoms with Crippen molar-refractivity contribution in [3.05, 3.63) is 18.2 Å². The van der Waals surface area contributed by atoms with Crippen molar-refractivity contribution in [2.75, 3.05) is 23.8 Å². The maximum absolute atomic E-state index is 11.6. The first-order valence-electron chi connectivity index (χ1n) is 6.68. The largest absolute Gasteiger partial charge is 0.479 e. The highest BCUT2D eigenvalue weighted by molar-refractivity contribution is 5.98. The summed E-state index contributed by atoms with van der Waals surface area (Å²) in [6, 6.07) is 6.11. The number of carbonyl (C=O) groups is 1. The Morgan fingerprint density at radius 1 is 1.42 bits per heavy atom. The molecule has 1 saturated heterocycles. The van der Waals surface area contributed by atoms with Gasteiger partial charge in [0.2, 0.25) is 0 Å². The normalized spacial score (nSPS) is 26.1. The van der Waals surface area contributed by atoms with Crippen molar-refractivity contribution in [1.82, 2.24) is 0 Å². The maximum atomic E-state index is 11.6. The molecule has 0 spiro atoms. The van der Waals surface area contributed by atoms with E-state index < -0.39 is 6.10 Å². The van der Waals surface area contributed by atoms with Gasteiger partial charge in [0.15, 0.2) is 6.10 Å². The summed E-state index contributed by atoms with van der Waals surface area (Å²) in [5, 5.41) is 6.28. The second-order valence-corrected chi connectivity index (χ2v) is 5.02. The lowest BCUT2D eigenvalue weighted by molar-refractivity contribution is -0.122. The second kappa shape index (κ2) is 5.09. The lowest BCUT2D eigenvalue weighted by Crippen LogP contribution is -2.34. The van der Waals surface area contributed by atoms with Crippen molar-refractivity contribution in [2.45, 2.75) is 31.9 Å². The van der Waals surface area contributed by atoms with Crippen molar-refractivity contribution in [3.8, 4) is 5.75 Å². The van der Waals surface area contributed by atoms with Gasteiger partial charge in [-0.3, -0.25) is 4.79 Å². The van der Waals surface area contributed by atoms with Gasteiger partial charge in [-0.2, -0.15) is 0 Å². The zero-order chi connectivity index (χ0) is 13.2. The average molecular weight is 262 g/mol. The van der Waals surface area contributed by atoms with Crippen LogP contribution in [0.3, 0.4) is 0 Å². The molecule has 0 bridgehead atoms. The zero-order valence-electron chi connectivity index (χ0n) is 10.9. The lowest BCUT2D eigenvalue weighted by Gasteiger charge is -2.26. The van der Waals surface area contributed by atoms with E-state index in [1.54, 1.807) is 6.92 Å². The van der Waals surface area contributed by atoms with E-state index in [0.717, 1.165) is 43.2 Å². The van der Waals surface area contributed by atoms with Gasteiger partial charge in [0.05, 0.1) is 12.3 Å². The Balaban J connectivity index is 1.74. The van der Waals surface area contributed by atoms with Crippen LogP contribution >= 0.6 is 0 Å². The van der Waals surface area contributed by atoms with Gasteiger partial charge in [-0.15, -0.1) is 0 Å². The van der Waals surface area contributed by atoms with Crippen LogP contribution in [0.25, 0.3) is 0 Å². The molecule has 2 aliphatic heterocycles. The predicted octanol–water partition coefficient (Wildman–Crippen LogP) is 2.00. The van der Waals surface area contributed by atoms with Crippen LogP contribution in [0.4, 0.5) is 11.4 Å². The summed E-state index contributed by atoms with van der Waals surface area (Å²) in [7, 11) is 0. The summed E-state index contributed by atoms with van der Waals surface area (Å²) in [6.45, 7) is 3.32. The van der Waals surface area contributed by atoms with Crippen LogP contribution in [0.2, 0.25) is 0 Å². The number of hydrogen-bond acceptors (Lipinski definition) is 4. The number of ether oxygens (including phenoxy) is 2. The highest BCUT2D eigenvalue weighted by Gasteiger charge is 2.23. The van der Waals surface area contributed by atoms with Crippen LogP contribution in [0.5, 0.6) is 5.75 Å². The number of amides is 1. The molecule has 2 unspecified atom stereocenters. The van der Waals surface area contributed by atoms with E-state index in [1.165, 1.54) is 0 Å². The number of hydrogen-bond donors (Lipinski definition) is 2. The van der Waals surface area contributed by atoms with Gasteiger partial charge in [-0.25, -0.2) is 0 Å². The quantitative estimate of drug-likeness (QED) is 0.855. The number of benzene rings is 1. The molecule has 19 heavy (non-hydrogen) atoms. The van der Waals surface area contributed by atoms with Crippen LogP contribution in [0.1, 0.15) is 19.8 Å². The molecule has 102 valence electrons. The Kier molecular flexibility index (Phi) is 3.29. The van der Waals surface area contributed by atoms with Crippen LogP contribution in [0.15, 0.2) is 18.2 Å². The van der Waals surface area contributed by atoms with Crippen LogP contribution in [-0.2, 0) is 9.53 Å². The average Bonchev–Trinajstić information content (AvgIpc) is 2.42. The summed E-state index contributed by atoms with van der Waals surface area (Å²) in [5.41, 5.74) is 1.71.